The number of aliphatic hydroxyl groups excluding tert-OH is 1. The molecule has 4 heteroatoms. The van der Waals surface area contributed by atoms with Gasteiger partial charge in [0.25, 0.3) is 5.91 Å². The van der Waals surface area contributed by atoms with E-state index in [1.54, 1.807) is 0 Å². The Morgan fingerprint density at radius 3 is 2.74 bits per heavy atom. The number of hydrogen-bond acceptors (Lipinski definition) is 2. The highest BCUT2D eigenvalue weighted by Gasteiger charge is 2.12. The van der Waals surface area contributed by atoms with E-state index in [4.69, 9.17) is 5.11 Å². The molecular formula is C15H22BrNO2. The van der Waals surface area contributed by atoms with Gasteiger partial charge >= 0.3 is 0 Å². The van der Waals surface area contributed by atoms with Crippen molar-refractivity contribution in [2.45, 2.75) is 33.1 Å². The van der Waals surface area contributed by atoms with Crippen LogP contribution in [0.1, 0.15) is 42.1 Å². The Morgan fingerprint density at radius 1 is 1.42 bits per heavy atom. The normalized spacial score (nSPS) is 12.2. The number of aryl methyl sites for hydroxylation is 1. The molecule has 0 aromatic heterocycles. The predicted molar refractivity (Wildman–Crippen MR) is 81.3 cm³/mol. The molecule has 0 saturated heterocycles. The van der Waals surface area contributed by atoms with Crippen LogP contribution >= 0.6 is 15.9 Å². The van der Waals surface area contributed by atoms with Gasteiger partial charge in [-0.15, -0.1) is 0 Å². The standard InChI is InChI=1S/C15H22BrNO2/c1-3-4-12(7-8-18)10-17-15(19)13-6-5-11(2)9-14(13)16/h5-6,9,12,18H,3-4,7-8,10H2,1-2H3,(H,17,19). The highest BCUT2D eigenvalue weighted by molar-refractivity contribution is 9.10. The fourth-order valence-corrected chi connectivity index (χ4v) is 2.75. The molecule has 1 aromatic rings. The van der Waals surface area contributed by atoms with Crippen LogP contribution in [-0.4, -0.2) is 24.2 Å². The average molecular weight is 328 g/mol. The van der Waals surface area contributed by atoms with Gasteiger partial charge in [-0.25, -0.2) is 0 Å². The maximum atomic E-state index is 12.1. The first-order valence-corrected chi connectivity index (χ1v) is 7.53. The lowest BCUT2D eigenvalue weighted by Gasteiger charge is -2.16. The molecule has 1 amide bonds. The lowest BCUT2D eigenvalue weighted by molar-refractivity contribution is 0.0942. The van der Waals surface area contributed by atoms with E-state index in [9.17, 15) is 4.79 Å². The van der Waals surface area contributed by atoms with Gasteiger partial charge in [0.1, 0.15) is 0 Å². The zero-order valence-corrected chi connectivity index (χ0v) is 13.2. The molecule has 0 bridgehead atoms. The van der Waals surface area contributed by atoms with Crippen LogP contribution in [0.25, 0.3) is 0 Å². The number of rotatable bonds is 7. The number of nitrogens with one attached hydrogen (secondary N) is 1. The van der Waals surface area contributed by atoms with E-state index in [0.717, 1.165) is 29.3 Å². The summed E-state index contributed by atoms with van der Waals surface area (Å²) < 4.78 is 0.819. The number of benzene rings is 1. The van der Waals surface area contributed by atoms with E-state index in [1.165, 1.54) is 0 Å². The third kappa shape index (κ3) is 5.33. The van der Waals surface area contributed by atoms with Crippen LogP contribution in [0.15, 0.2) is 22.7 Å². The lowest BCUT2D eigenvalue weighted by Crippen LogP contribution is -2.30. The molecule has 0 heterocycles. The van der Waals surface area contributed by atoms with Gasteiger partial charge in [-0.2, -0.15) is 0 Å². The Balaban J connectivity index is 2.58. The van der Waals surface area contributed by atoms with Crippen molar-refractivity contribution < 1.29 is 9.90 Å². The average Bonchev–Trinajstić information content (AvgIpc) is 2.36. The molecule has 0 fully saturated rings. The first kappa shape index (κ1) is 16.2. The van der Waals surface area contributed by atoms with E-state index in [0.29, 0.717) is 18.0 Å². The summed E-state index contributed by atoms with van der Waals surface area (Å²) in [5, 5.41) is 11.9. The van der Waals surface area contributed by atoms with Crippen molar-refractivity contribution in [2.24, 2.45) is 5.92 Å². The number of carbonyl (C=O) groups excluding carboxylic acids is 1. The van der Waals surface area contributed by atoms with Crippen LogP contribution in [0.2, 0.25) is 0 Å². The molecule has 2 N–H and O–H groups in total. The molecule has 19 heavy (non-hydrogen) atoms. The number of hydrogen-bond donors (Lipinski definition) is 2. The van der Waals surface area contributed by atoms with Gasteiger partial charge in [0, 0.05) is 17.6 Å². The smallest absolute Gasteiger partial charge is 0.252 e. The SMILES string of the molecule is CCCC(CCO)CNC(=O)c1ccc(C)cc1Br. The minimum atomic E-state index is -0.0640. The minimum Gasteiger partial charge on any atom is -0.396 e. The Labute approximate surface area is 123 Å². The summed E-state index contributed by atoms with van der Waals surface area (Å²) in [6.07, 6.45) is 2.83. The van der Waals surface area contributed by atoms with E-state index >= 15 is 0 Å². The third-order valence-electron chi connectivity index (χ3n) is 3.15. The minimum absolute atomic E-state index is 0.0640. The number of halogens is 1. The quantitative estimate of drug-likeness (QED) is 0.807. The first-order valence-electron chi connectivity index (χ1n) is 6.73. The zero-order chi connectivity index (χ0) is 14.3. The predicted octanol–water partition coefficient (Wildman–Crippen LogP) is 3.29. The lowest BCUT2D eigenvalue weighted by atomic mass is 10.00. The fourth-order valence-electron chi connectivity index (χ4n) is 2.08. The fraction of sp³-hybridized carbons (Fsp3) is 0.533. The highest BCUT2D eigenvalue weighted by atomic mass is 79.9. The number of carbonyl (C=O) groups is 1. The van der Waals surface area contributed by atoms with Crippen molar-refractivity contribution in [1.82, 2.24) is 5.32 Å². The Bertz CT molecular complexity index is 415. The molecule has 1 unspecified atom stereocenters. The maximum absolute atomic E-state index is 12.1. The highest BCUT2D eigenvalue weighted by Crippen LogP contribution is 2.18. The van der Waals surface area contributed by atoms with E-state index in [1.807, 2.05) is 25.1 Å². The van der Waals surface area contributed by atoms with E-state index in [2.05, 4.69) is 28.2 Å². The monoisotopic (exact) mass is 327 g/mol. The summed E-state index contributed by atoms with van der Waals surface area (Å²) >= 11 is 3.42. The van der Waals surface area contributed by atoms with Gasteiger partial charge in [0.15, 0.2) is 0 Å². The van der Waals surface area contributed by atoms with Crippen molar-refractivity contribution in [3.8, 4) is 0 Å². The molecule has 0 radical (unpaired) electrons. The zero-order valence-electron chi connectivity index (χ0n) is 11.6. The summed E-state index contributed by atoms with van der Waals surface area (Å²) in [6, 6.07) is 5.69. The van der Waals surface area contributed by atoms with Crippen LogP contribution in [0.3, 0.4) is 0 Å². The van der Waals surface area contributed by atoms with Crippen molar-refractivity contribution in [3.05, 3.63) is 33.8 Å². The van der Waals surface area contributed by atoms with Gasteiger partial charge < -0.3 is 10.4 Å². The molecule has 0 saturated carbocycles. The van der Waals surface area contributed by atoms with Gasteiger partial charge in [0.05, 0.1) is 5.56 Å². The number of amides is 1. The van der Waals surface area contributed by atoms with Crippen LogP contribution in [0.5, 0.6) is 0 Å². The van der Waals surface area contributed by atoms with Crippen molar-refractivity contribution >= 4 is 21.8 Å². The second-order valence-electron chi connectivity index (χ2n) is 4.86. The summed E-state index contributed by atoms with van der Waals surface area (Å²) in [5.74, 6) is 0.286. The van der Waals surface area contributed by atoms with Crippen LogP contribution in [-0.2, 0) is 0 Å². The topological polar surface area (TPSA) is 49.3 Å². The molecule has 1 aromatic carbocycles. The van der Waals surface area contributed by atoms with Gasteiger partial charge in [-0.1, -0.05) is 19.4 Å². The van der Waals surface area contributed by atoms with Crippen molar-refractivity contribution in [3.63, 3.8) is 0 Å². The van der Waals surface area contributed by atoms with Gasteiger partial charge in [-0.3, -0.25) is 4.79 Å². The summed E-state index contributed by atoms with van der Waals surface area (Å²) in [6.45, 7) is 4.90. The Morgan fingerprint density at radius 2 is 2.16 bits per heavy atom. The molecular weight excluding hydrogens is 306 g/mol. The summed E-state index contributed by atoms with van der Waals surface area (Å²) in [5.41, 5.74) is 1.78. The second kappa shape index (κ2) is 8.33. The maximum Gasteiger partial charge on any atom is 0.252 e. The summed E-state index contributed by atoms with van der Waals surface area (Å²) in [7, 11) is 0. The van der Waals surface area contributed by atoms with Gasteiger partial charge in [0.2, 0.25) is 0 Å². The van der Waals surface area contributed by atoms with Crippen LogP contribution < -0.4 is 5.32 Å². The molecule has 3 nitrogen and oxygen atoms in total. The Hall–Kier alpha value is -0.870. The van der Waals surface area contributed by atoms with Gasteiger partial charge in [-0.05, 0) is 59.3 Å². The molecule has 1 atom stereocenters. The Kier molecular flexibility index (Phi) is 7.10. The van der Waals surface area contributed by atoms with E-state index < -0.39 is 0 Å². The molecule has 0 aliphatic heterocycles. The summed E-state index contributed by atoms with van der Waals surface area (Å²) in [4.78, 5) is 12.1. The molecule has 0 spiro atoms. The molecule has 0 aliphatic carbocycles. The molecule has 106 valence electrons. The van der Waals surface area contributed by atoms with E-state index in [-0.39, 0.29) is 12.5 Å². The number of aliphatic hydroxyl groups is 1. The first-order chi connectivity index (χ1) is 9.08. The largest absolute Gasteiger partial charge is 0.396 e. The van der Waals surface area contributed by atoms with Crippen molar-refractivity contribution in [2.75, 3.05) is 13.2 Å². The second-order valence-corrected chi connectivity index (χ2v) is 5.71. The van der Waals surface area contributed by atoms with Crippen LogP contribution in [0.4, 0.5) is 0 Å². The third-order valence-corrected chi connectivity index (χ3v) is 3.81. The molecule has 1 rings (SSSR count). The van der Waals surface area contributed by atoms with Crippen LogP contribution in [0, 0.1) is 12.8 Å². The molecule has 0 aliphatic rings. The van der Waals surface area contributed by atoms with Crippen molar-refractivity contribution in [1.29, 1.82) is 0 Å².